The van der Waals surface area contributed by atoms with E-state index in [4.69, 9.17) is 16.3 Å². The third kappa shape index (κ3) is 4.71. The van der Waals surface area contributed by atoms with Crippen molar-refractivity contribution in [3.05, 3.63) is 23.0 Å². The number of aromatic nitrogens is 1. The van der Waals surface area contributed by atoms with Crippen LogP contribution >= 0.6 is 11.6 Å². The lowest BCUT2D eigenvalue weighted by Crippen LogP contribution is -2.38. The first-order chi connectivity index (χ1) is 10.1. The zero-order chi connectivity index (χ0) is 17.0. The van der Waals surface area contributed by atoms with E-state index in [1.807, 2.05) is 0 Å². The van der Waals surface area contributed by atoms with Crippen molar-refractivity contribution in [2.45, 2.75) is 5.51 Å². The monoisotopic (exact) mass is 362 g/mol. The number of nitrogens with zero attached hydrogens (tertiary/aromatic N) is 1. The summed E-state index contributed by atoms with van der Waals surface area (Å²) in [6.07, 6.45) is 1.12. The highest BCUT2D eigenvalue weighted by molar-refractivity contribution is 7.90. The molecule has 1 aromatic rings. The van der Waals surface area contributed by atoms with Crippen molar-refractivity contribution < 1.29 is 35.9 Å². The van der Waals surface area contributed by atoms with Crippen LogP contribution < -0.4 is 9.46 Å². The van der Waals surface area contributed by atoms with Crippen LogP contribution in [-0.2, 0) is 14.8 Å². The molecule has 0 radical (unpaired) electrons. The van der Waals surface area contributed by atoms with Crippen molar-refractivity contribution >= 4 is 27.6 Å². The maximum Gasteiger partial charge on any atom is 0.511 e. The van der Waals surface area contributed by atoms with Gasteiger partial charge in [-0.15, -0.1) is 0 Å². The summed E-state index contributed by atoms with van der Waals surface area (Å²) in [5, 5.41) is -0.142. The van der Waals surface area contributed by atoms with Crippen molar-refractivity contribution in [2.24, 2.45) is 0 Å². The van der Waals surface area contributed by atoms with Gasteiger partial charge in [0.2, 0.25) is 0 Å². The summed E-state index contributed by atoms with van der Waals surface area (Å²) in [4.78, 5) is 15.0. The predicted molar refractivity (Wildman–Crippen MR) is 69.1 cm³/mol. The van der Waals surface area contributed by atoms with E-state index in [0.717, 1.165) is 13.3 Å². The maximum atomic E-state index is 12.0. The minimum Gasteiger partial charge on any atom is -0.491 e. The summed E-state index contributed by atoms with van der Waals surface area (Å²) in [6, 6.07) is 1.17. The number of ether oxygens (including phenoxy) is 2. The fourth-order valence-electron chi connectivity index (χ4n) is 1.19. The highest BCUT2D eigenvalue weighted by Crippen LogP contribution is 2.22. The summed E-state index contributed by atoms with van der Waals surface area (Å²) >= 11 is 5.66. The molecule has 7 nitrogen and oxygen atoms in total. The number of alkyl halides is 3. The van der Waals surface area contributed by atoms with Crippen LogP contribution in [-0.4, -0.2) is 45.1 Å². The molecule has 0 atom stereocenters. The van der Waals surface area contributed by atoms with Gasteiger partial charge in [-0.3, -0.25) is 0 Å². The zero-order valence-corrected chi connectivity index (χ0v) is 12.5. The smallest absolute Gasteiger partial charge is 0.491 e. The Morgan fingerprint density at radius 3 is 2.64 bits per heavy atom. The van der Waals surface area contributed by atoms with Gasteiger partial charge in [0.25, 0.3) is 0 Å². The van der Waals surface area contributed by atoms with Crippen molar-refractivity contribution in [3.63, 3.8) is 0 Å². The van der Waals surface area contributed by atoms with Gasteiger partial charge in [-0.25, -0.2) is 22.9 Å². The molecule has 0 saturated carbocycles. The van der Waals surface area contributed by atoms with Crippen molar-refractivity contribution in [1.29, 1.82) is 0 Å². The molecule has 22 heavy (non-hydrogen) atoms. The number of hydrogen-bond acceptors (Lipinski definition) is 6. The van der Waals surface area contributed by atoms with Crippen LogP contribution in [0.4, 0.5) is 13.2 Å². The molecule has 0 aliphatic heterocycles. The molecule has 0 aliphatic rings. The molecule has 1 N–H and O–H groups in total. The first-order valence-electron chi connectivity index (χ1n) is 5.51. The van der Waals surface area contributed by atoms with E-state index < -0.39 is 34.7 Å². The SMILES string of the molecule is COC(=O)c1cc(OCCNS(=O)(=O)C(F)(F)F)cnc1Cl. The molecular formula is C10H10ClF3N2O5S. The van der Waals surface area contributed by atoms with Gasteiger partial charge in [0.05, 0.1) is 13.3 Å². The number of hydrogen-bond donors (Lipinski definition) is 1. The van der Waals surface area contributed by atoms with Gasteiger partial charge in [-0.05, 0) is 6.07 Å². The number of nitrogens with one attached hydrogen (secondary N) is 1. The van der Waals surface area contributed by atoms with E-state index in [0.29, 0.717) is 0 Å². The van der Waals surface area contributed by atoms with Gasteiger partial charge in [0, 0.05) is 6.54 Å². The maximum absolute atomic E-state index is 12.0. The topological polar surface area (TPSA) is 94.6 Å². The second-order valence-electron chi connectivity index (χ2n) is 3.69. The quantitative estimate of drug-likeness (QED) is 0.466. The molecule has 0 fully saturated rings. The molecule has 0 unspecified atom stereocenters. The Morgan fingerprint density at radius 2 is 2.09 bits per heavy atom. The summed E-state index contributed by atoms with van der Waals surface area (Å²) in [7, 11) is -4.30. The Balaban J connectivity index is 2.62. The van der Waals surface area contributed by atoms with Gasteiger partial charge in [-0.2, -0.15) is 13.2 Å². The number of sulfonamides is 1. The zero-order valence-electron chi connectivity index (χ0n) is 11.0. The molecule has 0 amide bonds. The first kappa shape index (κ1) is 18.5. The van der Waals surface area contributed by atoms with Crippen LogP contribution in [0.15, 0.2) is 12.3 Å². The number of carbonyl (C=O) groups excluding carboxylic acids is 1. The van der Waals surface area contributed by atoms with Crippen LogP contribution in [0.3, 0.4) is 0 Å². The summed E-state index contributed by atoms with van der Waals surface area (Å²) in [6.45, 7) is -1.04. The normalized spacial score (nSPS) is 12.0. The standard InChI is InChI=1S/C10H10ClF3N2O5S/c1-20-9(17)7-4-6(5-15-8(7)11)21-3-2-16-22(18,19)10(12,13)14/h4-5,16H,2-3H2,1H3. The average Bonchev–Trinajstić information content (AvgIpc) is 2.43. The Hall–Kier alpha value is -1.59. The molecular weight excluding hydrogens is 353 g/mol. The second kappa shape index (κ2) is 7.11. The predicted octanol–water partition coefficient (Wildman–Crippen LogP) is 1.34. The van der Waals surface area contributed by atoms with Gasteiger partial charge in [0.1, 0.15) is 23.1 Å². The lowest BCUT2D eigenvalue weighted by atomic mass is 10.3. The van der Waals surface area contributed by atoms with E-state index in [1.165, 1.54) is 10.8 Å². The first-order valence-corrected chi connectivity index (χ1v) is 7.37. The Labute approximate surface area is 128 Å². The van der Waals surface area contributed by atoms with Gasteiger partial charge in [0.15, 0.2) is 0 Å². The fourth-order valence-corrected chi connectivity index (χ4v) is 1.88. The van der Waals surface area contributed by atoms with E-state index in [-0.39, 0.29) is 16.5 Å². The molecule has 1 aromatic heterocycles. The number of carbonyl (C=O) groups is 1. The molecule has 1 heterocycles. The minimum absolute atomic E-state index is 0.0102. The molecule has 0 bridgehead atoms. The van der Waals surface area contributed by atoms with Gasteiger partial charge in [-0.1, -0.05) is 11.6 Å². The number of rotatable bonds is 6. The van der Waals surface area contributed by atoms with Gasteiger partial charge >= 0.3 is 21.5 Å². The molecule has 1 rings (SSSR count). The summed E-state index contributed by atoms with van der Waals surface area (Å²) < 4.78 is 68.3. The van der Waals surface area contributed by atoms with E-state index in [9.17, 15) is 26.4 Å². The molecule has 0 aromatic carbocycles. The van der Waals surface area contributed by atoms with Crippen molar-refractivity contribution in [2.75, 3.05) is 20.3 Å². The lowest BCUT2D eigenvalue weighted by molar-refractivity contribution is -0.0448. The number of halogens is 4. The fraction of sp³-hybridized carbons (Fsp3) is 0.400. The largest absolute Gasteiger partial charge is 0.511 e. The van der Waals surface area contributed by atoms with Crippen LogP contribution in [0.25, 0.3) is 0 Å². The highest BCUT2D eigenvalue weighted by Gasteiger charge is 2.45. The molecule has 12 heteroatoms. The highest BCUT2D eigenvalue weighted by atomic mass is 35.5. The van der Waals surface area contributed by atoms with E-state index in [2.05, 4.69) is 9.72 Å². The van der Waals surface area contributed by atoms with Gasteiger partial charge < -0.3 is 9.47 Å². The Bertz CT molecular complexity index is 650. The van der Waals surface area contributed by atoms with Crippen LogP contribution in [0, 0.1) is 0 Å². The van der Waals surface area contributed by atoms with E-state index >= 15 is 0 Å². The minimum atomic E-state index is -5.43. The third-order valence-electron chi connectivity index (χ3n) is 2.19. The number of esters is 1. The van der Waals surface area contributed by atoms with Crippen molar-refractivity contribution in [1.82, 2.24) is 9.71 Å². The number of methoxy groups -OCH3 is 1. The molecule has 0 spiro atoms. The van der Waals surface area contributed by atoms with E-state index in [1.54, 1.807) is 0 Å². The average molecular weight is 363 g/mol. The van der Waals surface area contributed by atoms with Crippen LogP contribution in [0.2, 0.25) is 5.15 Å². The second-order valence-corrected chi connectivity index (χ2v) is 5.81. The summed E-state index contributed by atoms with van der Waals surface area (Å²) in [5.74, 6) is -0.767. The Kier molecular flexibility index (Phi) is 5.97. The number of pyridine rings is 1. The Morgan fingerprint density at radius 1 is 1.45 bits per heavy atom. The lowest BCUT2D eigenvalue weighted by Gasteiger charge is -2.10. The summed E-state index contributed by atoms with van der Waals surface area (Å²) in [5.41, 5.74) is -5.50. The third-order valence-corrected chi connectivity index (χ3v) is 3.68. The van der Waals surface area contributed by atoms with Crippen molar-refractivity contribution in [3.8, 4) is 5.75 Å². The molecule has 0 aliphatic carbocycles. The molecule has 0 saturated heterocycles. The van der Waals surface area contributed by atoms with Crippen LogP contribution in [0.5, 0.6) is 5.75 Å². The van der Waals surface area contributed by atoms with Crippen LogP contribution in [0.1, 0.15) is 10.4 Å². The molecule has 124 valence electrons.